The average Bonchev–Trinajstić information content (AvgIpc) is 2.82. The lowest BCUT2D eigenvalue weighted by molar-refractivity contribution is -0.136. The van der Waals surface area contributed by atoms with Crippen molar-refractivity contribution in [2.75, 3.05) is 6.54 Å². The number of aliphatic carboxylic acids is 1. The fourth-order valence-electron chi connectivity index (χ4n) is 4.73. The van der Waals surface area contributed by atoms with Crippen molar-refractivity contribution < 1.29 is 14.7 Å². The van der Waals surface area contributed by atoms with Gasteiger partial charge < -0.3 is 15.3 Å². The molecule has 0 saturated heterocycles. The van der Waals surface area contributed by atoms with E-state index in [4.69, 9.17) is 9.94 Å². The Balaban J connectivity index is 1.56. The molecule has 2 N–H and O–H groups in total. The highest BCUT2D eigenvalue weighted by Crippen LogP contribution is 2.34. The number of aryl methyl sites for hydroxylation is 2. The third kappa shape index (κ3) is 7.43. The molecule has 1 aliphatic carbocycles. The number of carboxylic acid groups (broad SMARTS) is 1. The summed E-state index contributed by atoms with van der Waals surface area (Å²) in [6, 6.07) is 13.0. The van der Waals surface area contributed by atoms with Gasteiger partial charge in [-0.15, -0.1) is 0 Å². The van der Waals surface area contributed by atoms with E-state index in [0.717, 1.165) is 29.2 Å². The summed E-state index contributed by atoms with van der Waals surface area (Å²) in [5, 5.41) is 16.3. The van der Waals surface area contributed by atoms with Gasteiger partial charge in [0.15, 0.2) is 0 Å². The minimum Gasteiger partial charge on any atom is -0.481 e. The molecule has 5 heteroatoms. The highest BCUT2D eigenvalue weighted by atomic mass is 16.6. The summed E-state index contributed by atoms with van der Waals surface area (Å²) in [7, 11) is 0. The molecule has 1 fully saturated rings. The maximum Gasteiger partial charge on any atom is 0.304 e. The normalized spacial score (nSPS) is 14.9. The molecule has 1 saturated carbocycles. The maximum absolute atomic E-state index is 10.7. The first-order valence-corrected chi connectivity index (χ1v) is 12.3. The zero-order chi connectivity index (χ0) is 23.6. The lowest BCUT2D eigenvalue weighted by atomic mass is 9.82. The molecule has 0 atom stereocenters. The van der Waals surface area contributed by atoms with Crippen LogP contribution in [-0.2, 0) is 29.2 Å². The minimum atomic E-state index is -0.782. The van der Waals surface area contributed by atoms with Crippen molar-refractivity contribution in [1.82, 2.24) is 5.32 Å². The van der Waals surface area contributed by atoms with Gasteiger partial charge >= 0.3 is 5.97 Å². The van der Waals surface area contributed by atoms with Gasteiger partial charge in [0.25, 0.3) is 0 Å². The molecule has 0 bridgehead atoms. The number of rotatable bonds is 11. The number of hydrogen-bond donors (Lipinski definition) is 2. The van der Waals surface area contributed by atoms with Crippen molar-refractivity contribution in [3.63, 3.8) is 0 Å². The van der Waals surface area contributed by atoms with Crippen molar-refractivity contribution in [1.29, 1.82) is 0 Å². The first-order chi connectivity index (χ1) is 16.0. The molecule has 2 aromatic carbocycles. The first kappa shape index (κ1) is 25.0. The van der Waals surface area contributed by atoms with Crippen molar-refractivity contribution in [2.45, 2.75) is 84.8 Å². The molecule has 0 aromatic heterocycles. The minimum absolute atomic E-state index is 0.130. The van der Waals surface area contributed by atoms with Crippen molar-refractivity contribution in [3.8, 4) is 0 Å². The fourth-order valence-corrected chi connectivity index (χ4v) is 4.73. The number of carboxylic acids is 1. The number of hydrogen-bond acceptors (Lipinski definition) is 4. The number of nitrogens with zero attached hydrogens (tertiary/aromatic N) is 1. The Labute approximate surface area is 198 Å². The fraction of sp³-hybridized carbons (Fsp3) is 0.500. The molecule has 0 heterocycles. The van der Waals surface area contributed by atoms with E-state index in [-0.39, 0.29) is 6.42 Å². The van der Waals surface area contributed by atoms with Crippen LogP contribution in [0.25, 0.3) is 0 Å². The molecular formula is C28H38N2O3. The Kier molecular flexibility index (Phi) is 9.49. The molecule has 33 heavy (non-hydrogen) atoms. The molecular weight excluding hydrogens is 412 g/mol. The van der Waals surface area contributed by atoms with Gasteiger partial charge in [0.2, 0.25) is 0 Å². The van der Waals surface area contributed by atoms with Crippen molar-refractivity contribution in [2.24, 2.45) is 5.16 Å². The lowest BCUT2D eigenvalue weighted by Gasteiger charge is -2.23. The van der Waals surface area contributed by atoms with Crippen molar-refractivity contribution in [3.05, 3.63) is 69.8 Å². The topological polar surface area (TPSA) is 70.9 Å². The molecule has 0 aliphatic heterocycles. The van der Waals surface area contributed by atoms with Crippen molar-refractivity contribution >= 4 is 11.7 Å². The van der Waals surface area contributed by atoms with Crippen LogP contribution in [0.3, 0.4) is 0 Å². The van der Waals surface area contributed by atoms with Crippen LogP contribution in [0.5, 0.6) is 0 Å². The lowest BCUT2D eigenvalue weighted by Crippen LogP contribution is -2.18. The Bertz CT molecular complexity index is 962. The summed E-state index contributed by atoms with van der Waals surface area (Å²) in [6.45, 7) is 7.91. The van der Waals surface area contributed by atoms with Crippen LogP contribution >= 0.6 is 0 Å². The van der Waals surface area contributed by atoms with E-state index < -0.39 is 5.97 Å². The van der Waals surface area contributed by atoms with Gasteiger partial charge in [-0.05, 0) is 78.5 Å². The second-order valence-corrected chi connectivity index (χ2v) is 9.13. The van der Waals surface area contributed by atoms with Gasteiger partial charge in [-0.25, -0.2) is 0 Å². The zero-order valence-electron chi connectivity index (χ0n) is 20.3. The summed E-state index contributed by atoms with van der Waals surface area (Å²) in [5.74, 6) is -0.0622. The van der Waals surface area contributed by atoms with Gasteiger partial charge in [0.1, 0.15) is 6.61 Å². The molecule has 1 aliphatic rings. The Morgan fingerprint density at radius 1 is 1.12 bits per heavy atom. The monoisotopic (exact) mass is 450 g/mol. The second kappa shape index (κ2) is 12.5. The first-order valence-electron chi connectivity index (χ1n) is 12.3. The Hall–Kier alpha value is -2.66. The van der Waals surface area contributed by atoms with E-state index >= 15 is 0 Å². The molecule has 3 rings (SSSR count). The number of nitrogens with one attached hydrogen (secondary N) is 1. The largest absolute Gasteiger partial charge is 0.481 e. The molecule has 5 nitrogen and oxygen atoms in total. The summed E-state index contributed by atoms with van der Waals surface area (Å²) in [6.07, 6.45) is 7.76. The number of oxime groups is 1. The smallest absolute Gasteiger partial charge is 0.304 e. The molecule has 0 amide bonds. The number of benzene rings is 2. The quantitative estimate of drug-likeness (QED) is 0.246. The van der Waals surface area contributed by atoms with Gasteiger partial charge in [-0.3, -0.25) is 4.79 Å². The van der Waals surface area contributed by atoms with Crippen LogP contribution in [-0.4, -0.2) is 23.3 Å². The van der Waals surface area contributed by atoms with Crippen LogP contribution in [0.15, 0.2) is 41.6 Å². The van der Waals surface area contributed by atoms with Crippen LogP contribution < -0.4 is 5.32 Å². The molecule has 2 aromatic rings. The van der Waals surface area contributed by atoms with E-state index in [1.807, 2.05) is 6.92 Å². The summed E-state index contributed by atoms with van der Waals surface area (Å²) >= 11 is 0. The summed E-state index contributed by atoms with van der Waals surface area (Å²) < 4.78 is 0. The van der Waals surface area contributed by atoms with Crippen LogP contribution in [0.1, 0.15) is 91.7 Å². The van der Waals surface area contributed by atoms with Crippen LogP contribution in [0.4, 0.5) is 0 Å². The summed E-state index contributed by atoms with van der Waals surface area (Å²) in [5.41, 5.74) is 8.34. The average molecular weight is 451 g/mol. The summed E-state index contributed by atoms with van der Waals surface area (Å²) in [4.78, 5) is 16.4. The zero-order valence-corrected chi connectivity index (χ0v) is 20.3. The van der Waals surface area contributed by atoms with Crippen LogP contribution in [0.2, 0.25) is 0 Å². The predicted octanol–water partition coefficient (Wildman–Crippen LogP) is 6.11. The second-order valence-electron chi connectivity index (χ2n) is 9.13. The standard InChI is InChI=1S/C28H38N2O3/c1-4-23-17-25(11-12-26(23)18-29-15-14-28(31)32)21(3)30-33-19-22-10-13-27(20(2)16-22)24-8-6-5-7-9-24/h10-13,16-17,24,29H,4-9,14-15,18-19H2,1-3H3,(H,31,32)/b30-21-. The van der Waals surface area contributed by atoms with Crippen LogP contribution in [0, 0.1) is 6.92 Å². The van der Waals surface area contributed by atoms with E-state index in [2.05, 4.69) is 60.7 Å². The Morgan fingerprint density at radius 3 is 2.61 bits per heavy atom. The SMILES string of the molecule is CCc1cc(/C(C)=N\OCc2ccc(C3CCCCC3)c(C)c2)ccc1CNCCC(=O)O. The third-order valence-corrected chi connectivity index (χ3v) is 6.65. The highest BCUT2D eigenvalue weighted by molar-refractivity contribution is 5.98. The number of carbonyl (C=O) groups is 1. The molecule has 0 spiro atoms. The van der Waals surface area contributed by atoms with Gasteiger partial charge in [0.05, 0.1) is 12.1 Å². The maximum atomic E-state index is 10.7. The third-order valence-electron chi connectivity index (χ3n) is 6.65. The molecule has 0 radical (unpaired) electrons. The Morgan fingerprint density at radius 2 is 1.91 bits per heavy atom. The highest BCUT2D eigenvalue weighted by Gasteiger charge is 2.17. The van der Waals surface area contributed by atoms with Gasteiger partial charge in [-0.2, -0.15) is 0 Å². The molecule has 178 valence electrons. The van der Waals surface area contributed by atoms with Gasteiger partial charge in [-0.1, -0.05) is 61.7 Å². The van der Waals surface area contributed by atoms with E-state index in [1.165, 1.54) is 54.4 Å². The predicted molar refractivity (Wildman–Crippen MR) is 134 cm³/mol. The van der Waals surface area contributed by atoms with E-state index in [0.29, 0.717) is 19.7 Å². The van der Waals surface area contributed by atoms with E-state index in [1.54, 1.807) is 0 Å². The van der Waals surface area contributed by atoms with E-state index in [9.17, 15) is 4.79 Å². The molecule has 0 unspecified atom stereocenters. The van der Waals surface area contributed by atoms with Gasteiger partial charge in [0, 0.05) is 13.1 Å².